The SMILES string of the molecule is CC.CC.CCC(C)(C)c1ccc(C(C)(CC)C(C)(C)O)cc1. The topological polar surface area (TPSA) is 20.2 Å². The van der Waals surface area contributed by atoms with Crippen molar-refractivity contribution in [2.24, 2.45) is 0 Å². The first-order valence-corrected chi connectivity index (χ1v) is 9.42. The zero-order valence-corrected chi connectivity index (χ0v) is 17.7. The van der Waals surface area contributed by atoms with Crippen LogP contribution in [0.5, 0.6) is 0 Å². The van der Waals surface area contributed by atoms with Crippen LogP contribution in [0, 0.1) is 0 Å². The third-order valence-corrected chi connectivity index (χ3v) is 5.24. The van der Waals surface area contributed by atoms with Crippen molar-refractivity contribution < 1.29 is 5.11 Å². The van der Waals surface area contributed by atoms with Gasteiger partial charge in [-0.15, -0.1) is 0 Å². The molecule has 0 aliphatic carbocycles. The summed E-state index contributed by atoms with van der Waals surface area (Å²) in [6.07, 6.45) is 2.05. The quantitative estimate of drug-likeness (QED) is 0.627. The second-order valence-corrected chi connectivity index (χ2v) is 7.06. The lowest BCUT2D eigenvalue weighted by Gasteiger charge is -2.40. The maximum absolute atomic E-state index is 10.5. The van der Waals surface area contributed by atoms with Crippen molar-refractivity contribution in [3.63, 3.8) is 0 Å². The smallest absolute Gasteiger partial charge is 0.0685 e. The fraction of sp³-hybridized carbons (Fsp3) is 0.727. The van der Waals surface area contributed by atoms with E-state index in [-0.39, 0.29) is 10.8 Å². The van der Waals surface area contributed by atoms with Crippen LogP contribution in [-0.2, 0) is 10.8 Å². The number of aliphatic hydroxyl groups is 1. The number of hydrogen-bond acceptors (Lipinski definition) is 1. The van der Waals surface area contributed by atoms with E-state index >= 15 is 0 Å². The fourth-order valence-corrected chi connectivity index (χ4v) is 2.48. The van der Waals surface area contributed by atoms with Crippen LogP contribution in [-0.4, -0.2) is 10.7 Å². The van der Waals surface area contributed by atoms with E-state index in [0.717, 1.165) is 12.8 Å². The van der Waals surface area contributed by atoms with Crippen molar-refractivity contribution >= 4 is 0 Å². The molecule has 1 rings (SSSR count). The molecule has 1 unspecified atom stereocenters. The van der Waals surface area contributed by atoms with Gasteiger partial charge in [-0.05, 0) is 43.2 Å². The van der Waals surface area contributed by atoms with Gasteiger partial charge in [0.1, 0.15) is 0 Å². The van der Waals surface area contributed by atoms with Crippen LogP contribution < -0.4 is 0 Å². The van der Waals surface area contributed by atoms with E-state index in [1.54, 1.807) is 0 Å². The molecule has 0 heterocycles. The summed E-state index contributed by atoms with van der Waals surface area (Å²) in [6, 6.07) is 8.82. The van der Waals surface area contributed by atoms with Crippen LogP contribution in [0.15, 0.2) is 24.3 Å². The first kappa shape index (κ1) is 24.4. The third kappa shape index (κ3) is 5.95. The molecule has 0 bridgehead atoms. The van der Waals surface area contributed by atoms with Gasteiger partial charge in [0.05, 0.1) is 5.60 Å². The molecule has 0 spiro atoms. The summed E-state index contributed by atoms with van der Waals surface area (Å²) in [5.74, 6) is 0. The number of hydrogen-bond donors (Lipinski definition) is 1. The van der Waals surface area contributed by atoms with Gasteiger partial charge in [-0.2, -0.15) is 0 Å². The second kappa shape index (κ2) is 10.1. The van der Waals surface area contributed by atoms with E-state index in [2.05, 4.69) is 58.9 Å². The Hall–Kier alpha value is -0.820. The van der Waals surface area contributed by atoms with Gasteiger partial charge in [0.2, 0.25) is 0 Å². The average Bonchev–Trinajstić information content (AvgIpc) is 2.56. The van der Waals surface area contributed by atoms with E-state index < -0.39 is 5.60 Å². The molecule has 0 aliphatic rings. The minimum absolute atomic E-state index is 0.206. The van der Waals surface area contributed by atoms with Crippen molar-refractivity contribution in [1.82, 2.24) is 0 Å². The third-order valence-electron chi connectivity index (χ3n) is 5.24. The fourth-order valence-electron chi connectivity index (χ4n) is 2.48. The van der Waals surface area contributed by atoms with Crippen LogP contribution in [0.4, 0.5) is 0 Å². The molecule has 136 valence electrons. The molecule has 0 aliphatic heterocycles. The van der Waals surface area contributed by atoms with Crippen molar-refractivity contribution in [3.8, 4) is 0 Å². The number of benzene rings is 1. The molecule has 0 fully saturated rings. The molecular weight excluding hydrogens is 280 g/mol. The van der Waals surface area contributed by atoms with Crippen LogP contribution >= 0.6 is 0 Å². The van der Waals surface area contributed by atoms with Gasteiger partial charge in [0.15, 0.2) is 0 Å². The van der Waals surface area contributed by atoms with Crippen LogP contribution in [0.2, 0.25) is 0 Å². The normalized spacial score (nSPS) is 13.9. The minimum atomic E-state index is -0.719. The summed E-state index contributed by atoms with van der Waals surface area (Å²) >= 11 is 0. The monoisotopic (exact) mass is 322 g/mol. The molecular formula is C22H42O. The van der Waals surface area contributed by atoms with Gasteiger partial charge >= 0.3 is 0 Å². The molecule has 1 aromatic carbocycles. The van der Waals surface area contributed by atoms with E-state index in [1.165, 1.54) is 11.1 Å². The lowest BCUT2D eigenvalue weighted by atomic mass is 9.68. The molecule has 0 saturated heterocycles. The second-order valence-electron chi connectivity index (χ2n) is 7.06. The van der Waals surface area contributed by atoms with Gasteiger partial charge in [-0.3, -0.25) is 0 Å². The predicted molar refractivity (Wildman–Crippen MR) is 106 cm³/mol. The van der Waals surface area contributed by atoms with Crippen molar-refractivity contribution in [1.29, 1.82) is 0 Å². The summed E-state index contributed by atoms with van der Waals surface area (Å²) in [6.45, 7) is 22.9. The minimum Gasteiger partial charge on any atom is -0.390 e. The Morgan fingerprint density at radius 1 is 0.696 bits per heavy atom. The highest BCUT2D eigenvalue weighted by Crippen LogP contribution is 2.39. The number of rotatable bonds is 5. The molecule has 0 saturated carbocycles. The van der Waals surface area contributed by atoms with E-state index in [0.29, 0.717) is 0 Å². The molecule has 0 radical (unpaired) electrons. The van der Waals surface area contributed by atoms with Crippen molar-refractivity contribution in [2.75, 3.05) is 0 Å². The summed E-state index contributed by atoms with van der Waals surface area (Å²) in [5, 5.41) is 10.5. The van der Waals surface area contributed by atoms with Crippen molar-refractivity contribution in [2.45, 2.75) is 105 Å². The predicted octanol–water partition coefficient (Wildman–Crippen LogP) is 6.87. The molecule has 1 heteroatoms. The zero-order valence-electron chi connectivity index (χ0n) is 17.7. The Labute approximate surface area is 146 Å². The molecule has 1 N–H and O–H groups in total. The summed E-state index contributed by atoms with van der Waals surface area (Å²) in [4.78, 5) is 0. The highest BCUT2D eigenvalue weighted by molar-refractivity contribution is 5.34. The van der Waals surface area contributed by atoms with Crippen LogP contribution in [0.3, 0.4) is 0 Å². The van der Waals surface area contributed by atoms with E-state index in [9.17, 15) is 5.11 Å². The molecule has 1 atom stereocenters. The van der Waals surface area contributed by atoms with E-state index in [4.69, 9.17) is 0 Å². The van der Waals surface area contributed by atoms with E-state index in [1.807, 2.05) is 41.5 Å². The van der Waals surface area contributed by atoms with Gasteiger partial charge in [-0.1, -0.05) is 86.6 Å². The van der Waals surface area contributed by atoms with Crippen molar-refractivity contribution in [3.05, 3.63) is 35.4 Å². The van der Waals surface area contributed by atoms with Crippen LogP contribution in [0.25, 0.3) is 0 Å². The zero-order chi connectivity index (χ0) is 18.9. The van der Waals surface area contributed by atoms with Gasteiger partial charge in [0, 0.05) is 5.41 Å². The molecule has 23 heavy (non-hydrogen) atoms. The Kier molecular flexibility index (Phi) is 10.8. The Balaban J connectivity index is 0. The molecule has 1 nitrogen and oxygen atoms in total. The lowest BCUT2D eigenvalue weighted by molar-refractivity contribution is -0.00108. The highest BCUT2D eigenvalue weighted by Gasteiger charge is 2.39. The Morgan fingerprint density at radius 2 is 1.04 bits per heavy atom. The Morgan fingerprint density at radius 3 is 1.30 bits per heavy atom. The largest absolute Gasteiger partial charge is 0.390 e. The first-order chi connectivity index (χ1) is 10.6. The summed E-state index contributed by atoms with van der Waals surface area (Å²) < 4.78 is 0. The molecule has 1 aromatic rings. The lowest BCUT2D eigenvalue weighted by Crippen LogP contribution is -2.44. The average molecular weight is 323 g/mol. The molecule has 0 aromatic heterocycles. The molecule has 0 amide bonds. The first-order valence-electron chi connectivity index (χ1n) is 9.42. The van der Waals surface area contributed by atoms with Crippen LogP contribution in [0.1, 0.15) is 100 Å². The highest BCUT2D eigenvalue weighted by atomic mass is 16.3. The van der Waals surface area contributed by atoms with Gasteiger partial charge < -0.3 is 5.11 Å². The maximum atomic E-state index is 10.5. The van der Waals surface area contributed by atoms with Gasteiger partial charge in [0.25, 0.3) is 0 Å². The summed E-state index contributed by atoms with van der Waals surface area (Å²) in [7, 11) is 0. The Bertz CT molecular complexity index is 409. The summed E-state index contributed by atoms with van der Waals surface area (Å²) in [5.41, 5.74) is 1.88. The standard InChI is InChI=1S/C18H30O.2C2H6/c1-8-16(3,4)14-10-12-15(13-11-14)18(7,9-2)17(5,6)19;2*1-2/h10-13,19H,8-9H2,1-7H3;2*1-2H3. The van der Waals surface area contributed by atoms with Gasteiger partial charge in [-0.25, -0.2) is 0 Å². The maximum Gasteiger partial charge on any atom is 0.0685 e.